The number of oxazole rings is 1. The molecule has 0 amide bonds. The van der Waals surface area contributed by atoms with Crippen LogP contribution in [0.5, 0.6) is 0 Å². The fraction of sp³-hybridized carbons (Fsp3) is 0.182. The van der Waals surface area contributed by atoms with Gasteiger partial charge in [0.1, 0.15) is 0 Å². The van der Waals surface area contributed by atoms with Gasteiger partial charge in [-0.15, -0.1) is 0 Å². The minimum Gasteiger partial charge on any atom is -1.00 e. The Hall–Kier alpha value is -0.840. The molecular formula is C11H12INO. The summed E-state index contributed by atoms with van der Waals surface area (Å²) in [4.78, 5) is 0. The van der Waals surface area contributed by atoms with E-state index in [2.05, 4.69) is 17.2 Å². The van der Waals surface area contributed by atoms with Crippen molar-refractivity contribution in [3.05, 3.63) is 42.8 Å². The van der Waals surface area contributed by atoms with Gasteiger partial charge in [-0.25, -0.2) is 0 Å². The van der Waals surface area contributed by atoms with E-state index in [9.17, 15) is 0 Å². The molecule has 74 valence electrons. The second-order valence-corrected chi connectivity index (χ2v) is 2.99. The van der Waals surface area contributed by atoms with Crippen LogP contribution in [0.15, 0.2) is 41.3 Å². The van der Waals surface area contributed by atoms with Crippen LogP contribution in [0.4, 0.5) is 0 Å². The molecule has 1 heterocycles. The molecule has 2 nitrogen and oxygen atoms in total. The topological polar surface area (TPSA) is 17.0 Å². The van der Waals surface area contributed by atoms with Gasteiger partial charge in [0.15, 0.2) is 6.54 Å². The highest BCUT2D eigenvalue weighted by molar-refractivity contribution is 5.68. The number of halogens is 1. The predicted molar refractivity (Wildman–Crippen MR) is 51.3 cm³/mol. The minimum atomic E-state index is 0. The third-order valence-corrected chi connectivity index (χ3v) is 2.11. The molecule has 0 spiro atoms. The minimum absolute atomic E-state index is 0. The lowest BCUT2D eigenvalue weighted by Gasteiger charge is -1.86. The van der Waals surface area contributed by atoms with Crippen LogP contribution >= 0.6 is 0 Å². The van der Waals surface area contributed by atoms with Crippen molar-refractivity contribution in [1.29, 1.82) is 0 Å². The lowest BCUT2D eigenvalue weighted by molar-refractivity contribution is -0.672. The number of para-hydroxylation sites is 2. The van der Waals surface area contributed by atoms with Crippen LogP contribution in [0.1, 0.15) is 5.89 Å². The highest BCUT2D eigenvalue weighted by Crippen LogP contribution is 2.11. The molecule has 0 aliphatic rings. The fourth-order valence-corrected chi connectivity index (χ4v) is 1.51. The van der Waals surface area contributed by atoms with Gasteiger partial charge in [-0.3, -0.25) is 0 Å². The second kappa shape index (κ2) is 4.59. The molecule has 1 aromatic heterocycles. The molecule has 0 N–H and O–H groups in total. The first-order valence-corrected chi connectivity index (χ1v) is 4.32. The Morgan fingerprint density at radius 2 is 2.14 bits per heavy atom. The van der Waals surface area contributed by atoms with Gasteiger partial charge in [-0.1, -0.05) is 18.7 Å². The van der Waals surface area contributed by atoms with Crippen LogP contribution in [0.3, 0.4) is 0 Å². The summed E-state index contributed by atoms with van der Waals surface area (Å²) < 4.78 is 7.67. The van der Waals surface area contributed by atoms with Crippen molar-refractivity contribution >= 4 is 11.1 Å². The van der Waals surface area contributed by atoms with Crippen molar-refractivity contribution in [3.8, 4) is 0 Å². The summed E-state index contributed by atoms with van der Waals surface area (Å²) in [6.07, 6.45) is 1.87. The molecular weight excluding hydrogens is 289 g/mol. The Kier molecular flexibility index (Phi) is 3.69. The Labute approximate surface area is 100 Å². The summed E-state index contributed by atoms with van der Waals surface area (Å²) in [6, 6.07) is 8.01. The van der Waals surface area contributed by atoms with Crippen LogP contribution in [0, 0.1) is 6.92 Å². The lowest BCUT2D eigenvalue weighted by Crippen LogP contribution is -3.00. The van der Waals surface area contributed by atoms with Gasteiger partial charge in [0.2, 0.25) is 5.58 Å². The number of aromatic nitrogens is 1. The van der Waals surface area contributed by atoms with Crippen molar-refractivity contribution in [1.82, 2.24) is 0 Å². The van der Waals surface area contributed by atoms with Crippen molar-refractivity contribution in [2.45, 2.75) is 13.5 Å². The second-order valence-electron chi connectivity index (χ2n) is 2.99. The van der Waals surface area contributed by atoms with Gasteiger partial charge in [0.05, 0.1) is 6.92 Å². The molecule has 2 rings (SSSR count). The first kappa shape index (κ1) is 11.2. The third-order valence-electron chi connectivity index (χ3n) is 2.11. The van der Waals surface area contributed by atoms with Crippen molar-refractivity contribution in [3.63, 3.8) is 0 Å². The highest BCUT2D eigenvalue weighted by Gasteiger charge is 2.15. The average molecular weight is 301 g/mol. The summed E-state index contributed by atoms with van der Waals surface area (Å²) in [5.74, 6) is 0.918. The van der Waals surface area contributed by atoms with E-state index >= 15 is 0 Å². The van der Waals surface area contributed by atoms with Gasteiger partial charge in [0.25, 0.3) is 5.52 Å². The molecule has 0 saturated carbocycles. The molecule has 0 aliphatic carbocycles. The smallest absolute Gasteiger partial charge is 0.345 e. The highest BCUT2D eigenvalue weighted by atomic mass is 127. The van der Waals surface area contributed by atoms with E-state index in [1.807, 2.05) is 31.2 Å². The molecule has 0 unspecified atom stereocenters. The maximum atomic E-state index is 5.57. The normalized spacial score (nSPS) is 9.79. The molecule has 3 heteroatoms. The number of allylic oxidation sites excluding steroid dienone is 1. The third kappa shape index (κ3) is 1.82. The van der Waals surface area contributed by atoms with Gasteiger partial charge in [0, 0.05) is 6.07 Å². The SMILES string of the molecule is C=CC[n+]1c(C)oc2ccccc21.[I-]. The number of hydrogen-bond donors (Lipinski definition) is 0. The number of benzene rings is 1. The van der Waals surface area contributed by atoms with E-state index in [1.165, 1.54) is 0 Å². The molecule has 0 saturated heterocycles. The largest absolute Gasteiger partial charge is 1.00 e. The standard InChI is InChI=1S/C11H12NO.HI/c1-3-8-12-9(2)13-11-7-5-4-6-10(11)12;/h3-7H,1,8H2,2H3;1H/q+1;/p-1. The summed E-state index contributed by atoms with van der Waals surface area (Å²) in [5.41, 5.74) is 2.06. The number of aryl methyl sites for hydroxylation is 1. The van der Waals surface area contributed by atoms with Crippen LogP contribution in [0.2, 0.25) is 0 Å². The summed E-state index contributed by atoms with van der Waals surface area (Å²) >= 11 is 0. The zero-order valence-corrected chi connectivity index (χ0v) is 10.2. The van der Waals surface area contributed by atoms with Crippen molar-refractivity contribution in [2.24, 2.45) is 0 Å². The van der Waals surface area contributed by atoms with E-state index in [0.717, 1.165) is 23.5 Å². The summed E-state index contributed by atoms with van der Waals surface area (Å²) in [7, 11) is 0. The molecule has 0 radical (unpaired) electrons. The Morgan fingerprint density at radius 3 is 2.86 bits per heavy atom. The lowest BCUT2D eigenvalue weighted by atomic mass is 10.3. The number of hydrogen-bond acceptors (Lipinski definition) is 1. The maximum Gasteiger partial charge on any atom is 0.345 e. The van der Waals surface area contributed by atoms with Crippen LogP contribution in [0.25, 0.3) is 11.1 Å². The molecule has 2 aromatic rings. The van der Waals surface area contributed by atoms with Crippen molar-refractivity contribution in [2.75, 3.05) is 0 Å². The van der Waals surface area contributed by atoms with Crippen LogP contribution in [-0.4, -0.2) is 0 Å². The van der Waals surface area contributed by atoms with Crippen molar-refractivity contribution < 1.29 is 33.0 Å². The van der Waals surface area contributed by atoms with Gasteiger partial charge in [-0.2, -0.15) is 4.57 Å². The summed E-state index contributed by atoms with van der Waals surface area (Å²) in [5, 5.41) is 0. The molecule has 14 heavy (non-hydrogen) atoms. The Bertz CT molecular complexity index is 447. The zero-order chi connectivity index (χ0) is 9.26. The monoisotopic (exact) mass is 301 g/mol. The zero-order valence-electron chi connectivity index (χ0n) is 8.03. The van der Waals surface area contributed by atoms with E-state index in [4.69, 9.17) is 4.42 Å². The molecule has 1 aromatic carbocycles. The maximum absolute atomic E-state index is 5.57. The van der Waals surface area contributed by atoms with E-state index in [1.54, 1.807) is 0 Å². The number of rotatable bonds is 2. The van der Waals surface area contributed by atoms with E-state index < -0.39 is 0 Å². The predicted octanol–water partition coefficient (Wildman–Crippen LogP) is -0.781. The van der Waals surface area contributed by atoms with Gasteiger partial charge in [-0.05, 0) is 12.1 Å². The first-order chi connectivity index (χ1) is 6.33. The van der Waals surface area contributed by atoms with Gasteiger partial charge < -0.3 is 28.4 Å². The molecule has 0 atom stereocenters. The molecule has 0 fully saturated rings. The van der Waals surface area contributed by atoms with Crippen LogP contribution in [-0.2, 0) is 6.54 Å². The fourth-order valence-electron chi connectivity index (χ4n) is 1.51. The number of fused-ring (bicyclic) bond motifs is 1. The Morgan fingerprint density at radius 1 is 1.43 bits per heavy atom. The van der Waals surface area contributed by atoms with E-state index in [-0.39, 0.29) is 24.0 Å². The summed E-state index contributed by atoms with van der Waals surface area (Å²) in [6.45, 7) is 6.48. The first-order valence-electron chi connectivity index (χ1n) is 4.32. The quantitative estimate of drug-likeness (QED) is 0.404. The van der Waals surface area contributed by atoms with E-state index in [0.29, 0.717) is 0 Å². The van der Waals surface area contributed by atoms with Gasteiger partial charge >= 0.3 is 5.89 Å². The average Bonchev–Trinajstić information content (AvgIpc) is 2.44. The van der Waals surface area contributed by atoms with Crippen LogP contribution < -0.4 is 28.5 Å². The number of nitrogens with zero attached hydrogens (tertiary/aromatic N) is 1. The molecule has 0 bridgehead atoms. The molecule has 0 aliphatic heterocycles. The Balaban J connectivity index is 0.000000980.